The van der Waals surface area contributed by atoms with E-state index in [9.17, 15) is 13.2 Å². The molecule has 4 aromatic rings. The Bertz CT molecular complexity index is 1410. The molecule has 0 aliphatic rings. The number of hydrogen-bond donors (Lipinski definition) is 2. The van der Waals surface area contributed by atoms with Crippen LogP contribution in [-0.2, 0) is 9.84 Å². The zero-order valence-electron chi connectivity index (χ0n) is 18.0. The highest BCUT2D eigenvalue weighted by Gasteiger charge is 2.16. The molecule has 4 rings (SSSR count). The topological polar surface area (TPSA) is 88.3 Å². The number of thiophene rings is 1. The highest BCUT2D eigenvalue weighted by molar-refractivity contribution is 7.90. The number of ether oxygens (including phenoxy) is 1. The summed E-state index contributed by atoms with van der Waals surface area (Å²) in [5.41, 5.74) is 3.66. The molecule has 1 unspecified atom stereocenters. The first-order valence-corrected chi connectivity index (χ1v) is 12.8. The number of benzene rings is 2. The van der Waals surface area contributed by atoms with Crippen molar-refractivity contribution in [2.75, 3.05) is 25.7 Å². The third-order valence-corrected chi connectivity index (χ3v) is 7.26. The van der Waals surface area contributed by atoms with Gasteiger partial charge in [-0.3, -0.25) is 4.79 Å². The molecule has 0 bridgehead atoms. The van der Waals surface area contributed by atoms with Crippen molar-refractivity contribution in [2.45, 2.75) is 13.0 Å². The second-order valence-electron chi connectivity index (χ2n) is 7.61. The molecule has 0 saturated carbocycles. The van der Waals surface area contributed by atoms with E-state index in [2.05, 4.69) is 10.3 Å². The lowest BCUT2D eigenvalue weighted by molar-refractivity contribution is 0.417. The standard InChI is InChI=1S/C23H24N2O4S2.ClH/c1-14(24-11-13-31(3,27)28)15-4-6-16(7-5-15)20-19(29-2)9-8-18-21(20)17-10-12-30-22(17)23(26)25-18;/h4-10,12,14,24H,11,13H2,1-3H3,(H,25,26);1H. The first kappa shape index (κ1) is 24.3. The molecule has 1 atom stereocenters. The SMILES string of the molecule is COc1ccc2[nH]c(=O)c3sccc3c2c1-c1ccc(C(C)NCCS(C)(=O)=O)cc1.Cl. The highest BCUT2D eigenvalue weighted by Crippen LogP contribution is 2.40. The van der Waals surface area contributed by atoms with Gasteiger partial charge in [-0.2, -0.15) is 0 Å². The van der Waals surface area contributed by atoms with Gasteiger partial charge in [0.15, 0.2) is 0 Å². The third-order valence-electron chi connectivity index (χ3n) is 5.40. The number of nitrogens with one attached hydrogen (secondary N) is 2. The molecule has 32 heavy (non-hydrogen) atoms. The molecule has 6 nitrogen and oxygen atoms in total. The number of aromatic nitrogens is 1. The van der Waals surface area contributed by atoms with Gasteiger partial charge in [-0.1, -0.05) is 24.3 Å². The van der Waals surface area contributed by atoms with Gasteiger partial charge in [0.2, 0.25) is 0 Å². The maximum Gasteiger partial charge on any atom is 0.266 e. The van der Waals surface area contributed by atoms with Gasteiger partial charge in [0, 0.05) is 40.7 Å². The van der Waals surface area contributed by atoms with Gasteiger partial charge in [0.1, 0.15) is 20.3 Å². The number of fused-ring (bicyclic) bond motifs is 3. The average Bonchev–Trinajstić information content (AvgIpc) is 3.23. The third kappa shape index (κ3) is 4.83. The summed E-state index contributed by atoms with van der Waals surface area (Å²) in [7, 11) is -1.35. The number of H-pyrrole nitrogens is 1. The van der Waals surface area contributed by atoms with Crippen LogP contribution in [0, 0.1) is 0 Å². The molecular formula is C23H25ClN2O4S2. The van der Waals surface area contributed by atoms with Crippen molar-refractivity contribution in [3.63, 3.8) is 0 Å². The number of methoxy groups -OCH3 is 1. The van der Waals surface area contributed by atoms with Crippen LogP contribution in [0.4, 0.5) is 0 Å². The number of sulfone groups is 1. The second kappa shape index (κ2) is 9.62. The maximum atomic E-state index is 12.4. The minimum Gasteiger partial charge on any atom is -0.496 e. The average molecular weight is 493 g/mol. The molecule has 2 aromatic heterocycles. The van der Waals surface area contributed by atoms with Gasteiger partial charge in [-0.25, -0.2) is 8.42 Å². The fourth-order valence-electron chi connectivity index (χ4n) is 3.80. The van der Waals surface area contributed by atoms with Crippen molar-refractivity contribution in [3.8, 4) is 16.9 Å². The van der Waals surface area contributed by atoms with Crippen molar-refractivity contribution < 1.29 is 13.2 Å². The summed E-state index contributed by atoms with van der Waals surface area (Å²) in [5.74, 6) is 0.844. The summed E-state index contributed by atoms with van der Waals surface area (Å²) in [5, 5.41) is 7.05. The van der Waals surface area contributed by atoms with Crippen LogP contribution in [0.1, 0.15) is 18.5 Å². The molecule has 0 saturated heterocycles. The molecule has 0 aliphatic carbocycles. The lowest BCUT2D eigenvalue weighted by Gasteiger charge is -2.16. The number of halogens is 1. The lowest BCUT2D eigenvalue weighted by Crippen LogP contribution is -2.25. The van der Waals surface area contributed by atoms with Crippen LogP contribution in [0.2, 0.25) is 0 Å². The van der Waals surface area contributed by atoms with E-state index in [1.807, 2.05) is 54.8 Å². The Morgan fingerprint density at radius 1 is 1.12 bits per heavy atom. The van der Waals surface area contributed by atoms with E-state index >= 15 is 0 Å². The zero-order valence-corrected chi connectivity index (χ0v) is 20.4. The first-order chi connectivity index (χ1) is 14.8. The van der Waals surface area contributed by atoms with Crippen LogP contribution in [0.5, 0.6) is 5.75 Å². The van der Waals surface area contributed by atoms with Crippen molar-refractivity contribution in [2.24, 2.45) is 0 Å². The van der Waals surface area contributed by atoms with Gasteiger partial charge >= 0.3 is 0 Å². The monoisotopic (exact) mass is 492 g/mol. The summed E-state index contributed by atoms with van der Waals surface area (Å²) < 4.78 is 29.0. The minimum atomic E-state index is -2.99. The van der Waals surface area contributed by atoms with Gasteiger partial charge in [-0.15, -0.1) is 23.7 Å². The first-order valence-electron chi connectivity index (χ1n) is 9.90. The summed E-state index contributed by atoms with van der Waals surface area (Å²) in [6.07, 6.45) is 1.24. The largest absolute Gasteiger partial charge is 0.496 e. The second-order valence-corrected chi connectivity index (χ2v) is 10.8. The molecule has 2 N–H and O–H groups in total. The molecular weight excluding hydrogens is 468 g/mol. The van der Waals surface area contributed by atoms with Crippen molar-refractivity contribution >= 4 is 54.6 Å². The van der Waals surface area contributed by atoms with Crippen molar-refractivity contribution in [1.29, 1.82) is 0 Å². The van der Waals surface area contributed by atoms with Gasteiger partial charge in [-0.05, 0) is 41.6 Å². The van der Waals surface area contributed by atoms with Crippen LogP contribution >= 0.6 is 23.7 Å². The van der Waals surface area contributed by atoms with Crippen LogP contribution in [0.15, 0.2) is 52.6 Å². The predicted molar refractivity (Wildman–Crippen MR) is 135 cm³/mol. The number of hydrogen-bond acceptors (Lipinski definition) is 6. The van der Waals surface area contributed by atoms with E-state index in [1.54, 1.807) is 7.11 Å². The summed E-state index contributed by atoms with van der Waals surface area (Å²) >= 11 is 1.43. The van der Waals surface area contributed by atoms with E-state index in [1.165, 1.54) is 17.6 Å². The molecule has 0 fully saturated rings. The Labute approximate surface area is 197 Å². The van der Waals surface area contributed by atoms with Crippen LogP contribution in [0.25, 0.3) is 32.1 Å². The smallest absolute Gasteiger partial charge is 0.266 e. The van der Waals surface area contributed by atoms with E-state index in [0.717, 1.165) is 38.7 Å². The number of aromatic amines is 1. The molecule has 0 radical (unpaired) electrons. The molecule has 0 aliphatic heterocycles. The van der Waals surface area contributed by atoms with Gasteiger partial charge in [0.05, 0.1) is 12.9 Å². The van der Waals surface area contributed by atoms with E-state index in [4.69, 9.17) is 4.74 Å². The molecule has 0 amide bonds. The molecule has 2 aromatic carbocycles. The minimum absolute atomic E-state index is 0. The van der Waals surface area contributed by atoms with Crippen molar-refractivity contribution in [1.82, 2.24) is 10.3 Å². The fourth-order valence-corrected chi connectivity index (χ4v) is 5.09. The van der Waals surface area contributed by atoms with Crippen molar-refractivity contribution in [3.05, 3.63) is 63.8 Å². The van der Waals surface area contributed by atoms with Crippen LogP contribution in [0.3, 0.4) is 0 Å². The van der Waals surface area contributed by atoms with E-state index in [0.29, 0.717) is 11.2 Å². The Morgan fingerprint density at radius 2 is 1.84 bits per heavy atom. The van der Waals surface area contributed by atoms with E-state index in [-0.39, 0.29) is 29.8 Å². The normalized spacial score (nSPS) is 12.6. The number of rotatable bonds is 7. The summed E-state index contributed by atoms with van der Waals surface area (Å²) in [6.45, 7) is 2.41. The molecule has 0 spiro atoms. The Kier molecular flexibility index (Phi) is 7.29. The Hall–Kier alpha value is -2.39. The molecule has 9 heteroatoms. The Balaban J connectivity index is 0.00000289. The van der Waals surface area contributed by atoms with Gasteiger partial charge < -0.3 is 15.0 Å². The van der Waals surface area contributed by atoms with E-state index < -0.39 is 9.84 Å². The van der Waals surface area contributed by atoms with Crippen LogP contribution in [-0.4, -0.2) is 39.1 Å². The Morgan fingerprint density at radius 3 is 2.50 bits per heavy atom. The highest BCUT2D eigenvalue weighted by atomic mass is 35.5. The summed E-state index contributed by atoms with van der Waals surface area (Å²) in [6, 6.07) is 13.9. The summed E-state index contributed by atoms with van der Waals surface area (Å²) in [4.78, 5) is 15.4. The fraction of sp³-hybridized carbons (Fsp3) is 0.261. The lowest BCUT2D eigenvalue weighted by atomic mass is 9.95. The molecule has 2 heterocycles. The predicted octanol–water partition coefficient (Wildman–Crippen LogP) is 4.54. The number of pyridine rings is 1. The zero-order chi connectivity index (χ0) is 22.2. The molecule has 170 valence electrons. The quantitative estimate of drug-likeness (QED) is 0.395. The van der Waals surface area contributed by atoms with Gasteiger partial charge in [0.25, 0.3) is 5.56 Å². The maximum absolute atomic E-state index is 12.4. The van der Waals surface area contributed by atoms with Crippen LogP contribution < -0.4 is 15.6 Å².